The van der Waals surface area contributed by atoms with Crippen LogP contribution in [0.4, 0.5) is 0 Å². The third-order valence-corrected chi connectivity index (χ3v) is 7.30. The number of nitrogens with one attached hydrogen (secondary N) is 1. The molecule has 2 aromatic heterocycles. The number of hydrogen-bond donors (Lipinski definition) is 2. The van der Waals surface area contributed by atoms with Gasteiger partial charge >= 0.3 is 0 Å². The number of fused-ring (bicyclic) bond motifs is 4. The summed E-state index contributed by atoms with van der Waals surface area (Å²) >= 11 is 0. The number of carbonyl (C=O) groups is 1. The van der Waals surface area contributed by atoms with E-state index in [0.717, 1.165) is 16.8 Å². The van der Waals surface area contributed by atoms with Crippen LogP contribution >= 0.6 is 0 Å². The third kappa shape index (κ3) is 3.57. The zero-order valence-electron chi connectivity index (χ0n) is 18.8. The molecule has 2 aliphatic heterocycles. The van der Waals surface area contributed by atoms with E-state index in [9.17, 15) is 14.7 Å². The maximum atomic E-state index is 13.5. The van der Waals surface area contributed by atoms with Gasteiger partial charge in [-0.25, -0.2) is 0 Å². The highest BCUT2D eigenvalue weighted by molar-refractivity contribution is 5.81. The minimum absolute atomic E-state index is 0.0720. The Morgan fingerprint density at radius 3 is 2.58 bits per heavy atom. The Morgan fingerprint density at radius 2 is 1.88 bits per heavy atom. The summed E-state index contributed by atoms with van der Waals surface area (Å²) in [5.74, 6) is -0.799. The molecule has 0 saturated carbocycles. The topological polar surface area (TPSA) is 87.5 Å². The molecule has 3 aromatic rings. The van der Waals surface area contributed by atoms with E-state index in [4.69, 9.17) is 0 Å². The summed E-state index contributed by atoms with van der Waals surface area (Å²) in [5.41, 5.74) is 3.21. The fourth-order valence-electron chi connectivity index (χ4n) is 5.58. The molecule has 0 radical (unpaired) electrons. The number of aromatic nitrogens is 2. The van der Waals surface area contributed by atoms with Crippen LogP contribution in [0.1, 0.15) is 30.3 Å². The largest absolute Gasteiger partial charge is 0.396 e. The fraction of sp³-hybridized carbons (Fsp3) is 0.346. The minimum Gasteiger partial charge on any atom is -0.396 e. The van der Waals surface area contributed by atoms with Gasteiger partial charge in [0.1, 0.15) is 0 Å². The lowest BCUT2D eigenvalue weighted by Gasteiger charge is -2.35. The molecule has 5 atom stereocenters. The Balaban J connectivity index is 1.51. The zero-order valence-corrected chi connectivity index (χ0v) is 18.8. The first-order valence-electron chi connectivity index (χ1n) is 11.3. The van der Waals surface area contributed by atoms with Gasteiger partial charge in [0.15, 0.2) is 0 Å². The van der Waals surface area contributed by atoms with Crippen molar-refractivity contribution in [2.75, 3.05) is 13.7 Å². The number of carbonyl (C=O) groups excluding carboxylic acids is 1. The second kappa shape index (κ2) is 8.57. The number of aliphatic hydroxyl groups excluding tert-OH is 1. The number of nitrogens with zero attached hydrogens (tertiary/aromatic N) is 3. The molecule has 2 bridgehead atoms. The summed E-state index contributed by atoms with van der Waals surface area (Å²) < 4.78 is 1.79. The molecular formula is C26H28N4O3. The molecule has 1 saturated heterocycles. The van der Waals surface area contributed by atoms with E-state index < -0.39 is 5.92 Å². The number of hydrogen-bond acceptors (Lipinski definition) is 5. The van der Waals surface area contributed by atoms with Crippen molar-refractivity contribution in [1.29, 1.82) is 0 Å². The Hall–Kier alpha value is -3.29. The van der Waals surface area contributed by atoms with Crippen LogP contribution in [-0.2, 0) is 11.3 Å². The summed E-state index contributed by atoms with van der Waals surface area (Å²) in [5, 5.41) is 13.4. The van der Waals surface area contributed by atoms with Crippen LogP contribution in [0.3, 0.4) is 0 Å². The Morgan fingerprint density at radius 1 is 1.15 bits per heavy atom. The molecule has 4 heterocycles. The van der Waals surface area contributed by atoms with Crippen LogP contribution in [0.25, 0.3) is 11.1 Å². The molecule has 5 rings (SSSR count). The predicted octanol–water partition coefficient (Wildman–Crippen LogP) is 2.38. The van der Waals surface area contributed by atoms with Crippen molar-refractivity contribution in [2.24, 2.45) is 11.8 Å². The second-order valence-corrected chi connectivity index (χ2v) is 9.01. The van der Waals surface area contributed by atoms with Crippen LogP contribution in [-0.4, -0.2) is 45.2 Å². The number of amides is 1. The van der Waals surface area contributed by atoms with E-state index in [1.165, 1.54) is 0 Å². The number of likely N-dealkylation sites (N-methyl/N-ethyl adjacent to an activating group) is 1. The van der Waals surface area contributed by atoms with Crippen LogP contribution in [0.15, 0.2) is 71.8 Å². The van der Waals surface area contributed by atoms with Gasteiger partial charge < -0.3 is 15.0 Å². The molecule has 33 heavy (non-hydrogen) atoms. The number of aliphatic hydroxyl groups is 1. The van der Waals surface area contributed by atoms with E-state index in [2.05, 4.69) is 15.2 Å². The van der Waals surface area contributed by atoms with Crippen LogP contribution in [0.5, 0.6) is 0 Å². The Bertz CT molecular complexity index is 1210. The van der Waals surface area contributed by atoms with Gasteiger partial charge in [-0.05, 0) is 49.4 Å². The van der Waals surface area contributed by atoms with E-state index in [1.54, 1.807) is 17.0 Å². The monoisotopic (exact) mass is 444 g/mol. The standard InChI is InChI=1S/C26H28N4O3/c1-16(17-6-4-3-5-7-17)28-25(32)23-20(15-31)22-14-30-21(24(23)29(22)2)9-8-19(26(30)33)18-10-12-27-13-11-18/h3-13,16,20,22-24,31H,14-15H2,1-2H3,(H,28,32)/t16-,20-,22-,23+,24+/m0/s1. The van der Waals surface area contributed by atoms with Crippen molar-refractivity contribution in [3.8, 4) is 11.1 Å². The Kier molecular flexibility index (Phi) is 5.60. The highest BCUT2D eigenvalue weighted by Crippen LogP contribution is 2.47. The average Bonchev–Trinajstić information content (AvgIpc) is 3.02. The molecule has 2 N–H and O–H groups in total. The van der Waals surface area contributed by atoms with Crippen molar-refractivity contribution in [2.45, 2.75) is 31.6 Å². The zero-order chi connectivity index (χ0) is 23.1. The highest BCUT2D eigenvalue weighted by atomic mass is 16.3. The summed E-state index contributed by atoms with van der Waals surface area (Å²) in [7, 11) is 1.98. The van der Waals surface area contributed by atoms with Crippen molar-refractivity contribution >= 4 is 5.91 Å². The molecule has 1 amide bonds. The molecule has 0 spiro atoms. The summed E-state index contributed by atoms with van der Waals surface area (Å²) in [6.45, 7) is 2.30. The van der Waals surface area contributed by atoms with E-state index in [-0.39, 0.29) is 42.1 Å². The second-order valence-electron chi connectivity index (χ2n) is 9.01. The molecular weight excluding hydrogens is 416 g/mol. The fourth-order valence-corrected chi connectivity index (χ4v) is 5.58. The molecule has 0 aliphatic carbocycles. The smallest absolute Gasteiger partial charge is 0.258 e. The van der Waals surface area contributed by atoms with E-state index in [1.807, 2.05) is 68.6 Å². The van der Waals surface area contributed by atoms with Gasteiger partial charge in [-0.1, -0.05) is 30.3 Å². The van der Waals surface area contributed by atoms with Crippen LogP contribution < -0.4 is 10.9 Å². The molecule has 170 valence electrons. The number of pyridine rings is 2. The highest BCUT2D eigenvalue weighted by Gasteiger charge is 2.54. The van der Waals surface area contributed by atoms with Crippen molar-refractivity contribution in [3.05, 3.63) is 88.6 Å². The lowest BCUT2D eigenvalue weighted by atomic mass is 9.86. The van der Waals surface area contributed by atoms with Gasteiger partial charge in [0, 0.05) is 48.8 Å². The van der Waals surface area contributed by atoms with Gasteiger partial charge in [0.25, 0.3) is 5.56 Å². The normalized spacial score (nSPS) is 24.8. The van der Waals surface area contributed by atoms with Gasteiger partial charge in [-0.2, -0.15) is 0 Å². The maximum absolute atomic E-state index is 13.5. The quantitative estimate of drug-likeness (QED) is 0.631. The maximum Gasteiger partial charge on any atom is 0.258 e. The molecule has 1 fully saturated rings. The number of rotatable bonds is 5. The molecule has 0 unspecified atom stereocenters. The number of benzene rings is 1. The Labute approximate surface area is 192 Å². The molecule has 1 aromatic carbocycles. The third-order valence-electron chi connectivity index (χ3n) is 7.30. The minimum atomic E-state index is -0.448. The first-order valence-corrected chi connectivity index (χ1v) is 11.3. The van der Waals surface area contributed by atoms with Gasteiger partial charge in [-0.15, -0.1) is 0 Å². The van der Waals surface area contributed by atoms with Crippen molar-refractivity contribution < 1.29 is 9.90 Å². The van der Waals surface area contributed by atoms with Crippen molar-refractivity contribution in [1.82, 2.24) is 19.8 Å². The summed E-state index contributed by atoms with van der Waals surface area (Å²) in [6.07, 6.45) is 3.35. The SMILES string of the molecule is C[C@H](NC(=O)[C@@H]1[C@@H](CO)[C@@H]2Cn3c(ccc(-c4ccncc4)c3=O)[C@H]1N2C)c1ccccc1. The predicted molar refractivity (Wildman–Crippen MR) is 125 cm³/mol. The molecule has 2 aliphatic rings. The van der Waals surface area contributed by atoms with Crippen LogP contribution in [0.2, 0.25) is 0 Å². The lowest BCUT2D eigenvalue weighted by molar-refractivity contribution is -0.128. The molecule has 7 heteroatoms. The summed E-state index contributed by atoms with van der Waals surface area (Å²) in [6, 6.07) is 16.7. The first kappa shape index (κ1) is 21.6. The van der Waals surface area contributed by atoms with Crippen molar-refractivity contribution in [3.63, 3.8) is 0 Å². The van der Waals surface area contributed by atoms with Crippen LogP contribution in [0, 0.1) is 11.8 Å². The summed E-state index contributed by atoms with van der Waals surface area (Å²) in [4.78, 5) is 33.2. The lowest BCUT2D eigenvalue weighted by Crippen LogP contribution is -2.44. The van der Waals surface area contributed by atoms with Gasteiger partial charge in [0.2, 0.25) is 5.91 Å². The van der Waals surface area contributed by atoms with Gasteiger partial charge in [0.05, 0.1) is 18.0 Å². The van der Waals surface area contributed by atoms with E-state index >= 15 is 0 Å². The van der Waals surface area contributed by atoms with E-state index in [0.29, 0.717) is 12.1 Å². The first-order chi connectivity index (χ1) is 16.0. The average molecular weight is 445 g/mol. The van der Waals surface area contributed by atoms with Gasteiger partial charge in [-0.3, -0.25) is 19.5 Å². The molecule has 7 nitrogen and oxygen atoms in total.